The van der Waals surface area contributed by atoms with E-state index in [-0.39, 0.29) is 0 Å². The fourth-order valence-electron chi connectivity index (χ4n) is 1.51. The molecule has 0 saturated carbocycles. The van der Waals surface area contributed by atoms with Crippen molar-refractivity contribution in [2.45, 2.75) is 13.3 Å². The molecular weight excluding hydrogens is 182 g/mol. The number of benzene rings is 2. The molecule has 0 aliphatic carbocycles. The van der Waals surface area contributed by atoms with Crippen LogP contribution in [0, 0.1) is 0 Å². The smallest absolute Gasteiger partial charge is 0.0384 e. The molecule has 0 heterocycles. The topological polar surface area (TPSA) is 12.0 Å². The lowest BCUT2D eigenvalue weighted by atomic mass is 10.1. The van der Waals surface area contributed by atoms with Crippen LogP contribution >= 0.6 is 0 Å². The zero-order valence-corrected chi connectivity index (χ0v) is 8.90. The molecule has 76 valence electrons. The molecule has 0 unspecified atom stereocenters. The molecule has 0 saturated heterocycles. The van der Waals surface area contributed by atoms with Gasteiger partial charge in [-0.05, 0) is 36.2 Å². The van der Waals surface area contributed by atoms with Crippen LogP contribution in [0.4, 0.5) is 11.4 Å². The van der Waals surface area contributed by atoms with Crippen LogP contribution in [0.25, 0.3) is 0 Å². The Hall–Kier alpha value is -1.76. The monoisotopic (exact) mass is 197 g/mol. The van der Waals surface area contributed by atoms with Gasteiger partial charge in [-0.15, -0.1) is 0 Å². The maximum Gasteiger partial charge on any atom is 0.0384 e. The van der Waals surface area contributed by atoms with Gasteiger partial charge in [0.15, 0.2) is 0 Å². The molecule has 2 aromatic carbocycles. The molecule has 1 N–H and O–H groups in total. The number of hydrogen-bond donors (Lipinski definition) is 1. The summed E-state index contributed by atoms with van der Waals surface area (Å²) in [6.45, 7) is 2.17. The number of aryl methyl sites for hydroxylation is 1. The van der Waals surface area contributed by atoms with Gasteiger partial charge in [-0.25, -0.2) is 0 Å². The Balaban J connectivity index is 2.11. The molecule has 0 bridgehead atoms. The average molecular weight is 197 g/mol. The minimum atomic E-state index is 1.09. The van der Waals surface area contributed by atoms with E-state index in [0.717, 1.165) is 17.8 Å². The summed E-state index contributed by atoms with van der Waals surface area (Å²) in [6, 6.07) is 18.8. The van der Waals surface area contributed by atoms with E-state index in [0.29, 0.717) is 0 Å². The maximum atomic E-state index is 3.36. The third-order valence-corrected chi connectivity index (χ3v) is 2.42. The Morgan fingerprint density at radius 3 is 2.00 bits per heavy atom. The summed E-state index contributed by atoms with van der Waals surface area (Å²) in [6.07, 6.45) is 1.09. The van der Waals surface area contributed by atoms with E-state index in [1.54, 1.807) is 0 Å². The molecule has 0 aliphatic rings. The van der Waals surface area contributed by atoms with Crippen molar-refractivity contribution < 1.29 is 0 Å². The van der Waals surface area contributed by atoms with Gasteiger partial charge in [-0.3, -0.25) is 0 Å². The quantitative estimate of drug-likeness (QED) is 0.784. The Bertz CT molecular complexity index is 403. The van der Waals surface area contributed by atoms with Crippen molar-refractivity contribution in [3.05, 3.63) is 60.2 Å². The van der Waals surface area contributed by atoms with Gasteiger partial charge in [-0.1, -0.05) is 37.3 Å². The predicted molar refractivity (Wildman–Crippen MR) is 65.5 cm³/mol. The van der Waals surface area contributed by atoms with Crippen molar-refractivity contribution in [1.29, 1.82) is 0 Å². The van der Waals surface area contributed by atoms with E-state index in [4.69, 9.17) is 0 Å². The van der Waals surface area contributed by atoms with Gasteiger partial charge in [0.1, 0.15) is 0 Å². The summed E-state index contributed by atoms with van der Waals surface area (Å²) >= 11 is 0. The van der Waals surface area contributed by atoms with Crippen LogP contribution < -0.4 is 5.32 Å². The maximum absolute atomic E-state index is 3.36. The summed E-state index contributed by atoms with van der Waals surface area (Å²) in [5.41, 5.74) is 3.63. The van der Waals surface area contributed by atoms with Crippen LogP contribution in [0.15, 0.2) is 54.6 Å². The van der Waals surface area contributed by atoms with Crippen molar-refractivity contribution >= 4 is 11.4 Å². The number of nitrogens with one attached hydrogen (secondary N) is 1. The summed E-state index contributed by atoms with van der Waals surface area (Å²) < 4.78 is 0. The van der Waals surface area contributed by atoms with Crippen molar-refractivity contribution in [1.82, 2.24) is 0 Å². The molecule has 15 heavy (non-hydrogen) atoms. The molecule has 0 spiro atoms. The normalized spacial score (nSPS) is 9.93. The summed E-state index contributed by atoms with van der Waals surface area (Å²) in [5, 5.41) is 3.36. The second kappa shape index (κ2) is 4.65. The minimum Gasteiger partial charge on any atom is -0.356 e. The third kappa shape index (κ3) is 2.59. The van der Waals surface area contributed by atoms with Crippen molar-refractivity contribution in [3.8, 4) is 0 Å². The molecule has 0 radical (unpaired) electrons. The summed E-state index contributed by atoms with van der Waals surface area (Å²) in [7, 11) is 0. The van der Waals surface area contributed by atoms with Gasteiger partial charge in [0.2, 0.25) is 0 Å². The van der Waals surface area contributed by atoms with Crippen LogP contribution in [-0.2, 0) is 6.42 Å². The fraction of sp³-hybridized carbons (Fsp3) is 0.143. The Labute approximate surface area is 90.8 Å². The highest BCUT2D eigenvalue weighted by molar-refractivity contribution is 5.59. The first-order valence-corrected chi connectivity index (χ1v) is 5.29. The van der Waals surface area contributed by atoms with E-state index in [1.165, 1.54) is 5.56 Å². The lowest BCUT2D eigenvalue weighted by Gasteiger charge is -2.06. The van der Waals surface area contributed by atoms with Gasteiger partial charge in [0.05, 0.1) is 0 Å². The highest BCUT2D eigenvalue weighted by Gasteiger charge is 1.93. The van der Waals surface area contributed by atoms with Crippen LogP contribution in [0.5, 0.6) is 0 Å². The van der Waals surface area contributed by atoms with Gasteiger partial charge in [-0.2, -0.15) is 0 Å². The van der Waals surface area contributed by atoms with E-state index < -0.39 is 0 Å². The predicted octanol–water partition coefficient (Wildman–Crippen LogP) is 3.99. The van der Waals surface area contributed by atoms with E-state index in [2.05, 4.69) is 48.6 Å². The van der Waals surface area contributed by atoms with Crippen molar-refractivity contribution in [2.24, 2.45) is 0 Å². The first-order valence-electron chi connectivity index (χ1n) is 5.29. The zero-order chi connectivity index (χ0) is 10.5. The first kappa shape index (κ1) is 9.78. The summed E-state index contributed by atoms with van der Waals surface area (Å²) in [4.78, 5) is 0. The molecule has 2 rings (SSSR count). The van der Waals surface area contributed by atoms with Crippen molar-refractivity contribution in [3.63, 3.8) is 0 Å². The van der Waals surface area contributed by atoms with E-state index in [1.807, 2.05) is 18.2 Å². The first-order chi connectivity index (χ1) is 7.38. The number of hydrogen-bond acceptors (Lipinski definition) is 1. The second-order valence-corrected chi connectivity index (χ2v) is 3.54. The van der Waals surface area contributed by atoms with Gasteiger partial charge >= 0.3 is 0 Å². The number of rotatable bonds is 3. The minimum absolute atomic E-state index is 1.09. The fourth-order valence-corrected chi connectivity index (χ4v) is 1.51. The van der Waals surface area contributed by atoms with Crippen molar-refractivity contribution in [2.75, 3.05) is 5.32 Å². The second-order valence-electron chi connectivity index (χ2n) is 3.54. The van der Waals surface area contributed by atoms with Gasteiger partial charge < -0.3 is 5.32 Å². The molecule has 0 fully saturated rings. The highest BCUT2D eigenvalue weighted by Crippen LogP contribution is 2.16. The lowest BCUT2D eigenvalue weighted by molar-refractivity contribution is 1.14. The van der Waals surface area contributed by atoms with Gasteiger partial charge in [0, 0.05) is 11.4 Å². The van der Waals surface area contributed by atoms with Crippen LogP contribution in [0.1, 0.15) is 12.5 Å². The highest BCUT2D eigenvalue weighted by atomic mass is 14.9. The molecule has 0 amide bonds. The average Bonchev–Trinajstić information content (AvgIpc) is 2.31. The standard InChI is InChI=1S/C14H15N/c1-2-12-8-10-14(11-9-12)15-13-6-4-3-5-7-13/h3-11,15H,2H2,1H3. The SMILES string of the molecule is CCc1ccc(Nc2ccccc2)cc1. The summed E-state index contributed by atoms with van der Waals surface area (Å²) in [5.74, 6) is 0. The largest absolute Gasteiger partial charge is 0.356 e. The lowest BCUT2D eigenvalue weighted by Crippen LogP contribution is -1.89. The molecule has 2 aromatic rings. The van der Waals surface area contributed by atoms with E-state index >= 15 is 0 Å². The molecule has 0 aliphatic heterocycles. The Morgan fingerprint density at radius 2 is 1.40 bits per heavy atom. The zero-order valence-electron chi connectivity index (χ0n) is 8.90. The Morgan fingerprint density at radius 1 is 0.800 bits per heavy atom. The molecular formula is C14H15N. The van der Waals surface area contributed by atoms with Crippen LogP contribution in [-0.4, -0.2) is 0 Å². The van der Waals surface area contributed by atoms with Crippen LogP contribution in [0.3, 0.4) is 0 Å². The number of para-hydroxylation sites is 1. The Kier molecular flexibility index (Phi) is 3.03. The molecule has 1 nitrogen and oxygen atoms in total. The molecule has 1 heteroatoms. The third-order valence-electron chi connectivity index (χ3n) is 2.42. The van der Waals surface area contributed by atoms with Crippen LogP contribution in [0.2, 0.25) is 0 Å². The molecule has 0 aromatic heterocycles. The van der Waals surface area contributed by atoms with Gasteiger partial charge in [0.25, 0.3) is 0 Å². The number of anilines is 2. The molecule has 0 atom stereocenters. The van der Waals surface area contributed by atoms with E-state index in [9.17, 15) is 0 Å².